The van der Waals surface area contributed by atoms with E-state index in [9.17, 15) is 0 Å². The summed E-state index contributed by atoms with van der Waals surface area (Å²) in [7, 11) is 0. The van der Waals surface area contributed by atoms with Gasteiger partial charge in [0, 0.05) is 24.2 Å². The first-order chi connectivity index (χ1) is 9.78. The van der Waals surface area contributed by atoms with Crippen LogP contribution in [-0.2, 0) is 12.3 Å². The van der Waals surface area contributed by atoms with Gasteiger partial charge < -0.3 is 10.3 Å². The molecule has 0 aliphatic heterocycles. The molecule has 0 fully saturated rings. The van der Waals surface area contributed by atoms with Crippen molar-refractivity contribution in [2.45, 2.75) is 30.8 Å². The third-order valence-corrected chi connectivity index (χ3v) is 4.63. The minimum atomic E-state index is 0.556. The molecule has 0 aliphatic carbocycles. The fraction of sp³-hybridized carbons (Fsp3) is 0.308. The molecule has 0 saturated heterocycles. The molecule has 0 saturated carbocycles. The Morgan fingerprint density at radius 1 is 1.40 bits per heavy atom. The smallest absolute Gasteiger partial charge is 0.191 e. The molecule has 0 amide bonds. The zero-order valence-corrected chi connectivity index (χ0v) is 12.7. The molecule has 0 aromatic carbocycles. The number of aryl methyl sites for hydroxylation is 1. The summed E-state index contributed by atoms with van der Waals surface area (Å²) in [5, 5.41) is 3.65. The third kappa shape index (κ3) is 2.64. The van der Waals surface area contributed by atoms with Crippen LogP contribution in [0, 0.1) is 0 Å². The summed E-state index contributed by atoms with van der Waals surface area (Å²) in [4.78, 5) is 14.0. The van der Waals surface area contributed by atoms with Crippen LogP contribution in [-0.4, -0.2) is 19.5 Å². The van der Waals surface area contributed by atoms with Gasteiger partial charge in [0.25, 0.3) is 0 Å². The summed E-state index contributed by atoms with van der Waals surface area (Å²) in [6, 6.07) is 1.96. The summed E-state index contributed by atoms with van der Waals surface area (Å²) in [6.45, 7) is 3.15. The first kappa shape index (κ1) is 13.4. The number of hydrogen-bond donors (Lipinski definition) is 1. The first-order valence-corrected chi connectivity index (χ1v) is 8.27. The summed E-state index contributed by atoms with van der Waals surface area (Å²) in [5.74, 6) is 1.36. The predicted octanol–water partition coefficient (Wildman–Crippen LogP) is 3.17. The van der Waals surface area contributed by atoms with Crippen molar-refractivity contribution in [3.63, 3.8) is 0 Å². The lowest BCUT2D eigenvalue weighted by atomic mass is 10.4. The molecule has 2 N–H and O–H groups in total. The zero-order valence-electron chi connectivity index (χ0n) is 11.1. The van der Waals surface area contributed by atoms with Crippen LogP contribution in [0.15, 0.2) is 29.1 Å². The highest BCUT2D eigenvalue weighted by Crippen LogP contribution is 2.27. The van der Waals surface area contributed by atoms with E-state index < -0.39 is 0 Å². The normalized spacial score (nSPS) is 11.2. The molecular formula is C13H15N5S2. The van der Waals surface area contributed by atoms with Crippen molar-refractivity contribution in [2.24, 2.45) is 0 Å². The number of rotatable bonds is 5. The highest BCUT2D eigenvalue weighted by Gasteiger charge is 2.08. The van der Waals surface area contributed by atoms with Gasteiger partial charge in [-0.05, 0) is 17.9 Å². The molecule has 3 heterocycles. The Morgan fingerprint density at radius 3 is 3.15 bits per heavy atom. The molecule has 20 heavy (non-hydrogen) atoms. The Morgan fingerprint density at radius 2 is 2.30 bits per heavy atom. The molecule has 0 radical (unpaired) electrons. The van der Waals surface area contributed by atoms with E-state index >= 15 is 0 Å². The molecule has 3 aromatic heterocycles. The van der Waals surface area contributed by atoms with Crippen LogP contribution >= 0.6 is 23.1 Å². The fourth-order valence-corrected chi connectivity index (χ4v) is 3.64. The van der Waals surface area contributed by atoms with Crippen molar-refractivity contribution in [3.05, 3.63) is 29.7 Å². The van der Waals surface area contributed by atoms with Crippen LogP contribution < -0.4 is 5.73 Å². The molecule has 104 valence electrons. The highest BCUT2D eigenvalue weighted by atomic mass is 32.2. The van der Waals surface area contributed by atoms with E-state index in [-0.39, 0.29) is 0 Å². The van der Waals surface area contributed by atoms with E-state index in [1.165, 1.54) is 5.69 Å². The lowest BCUT2D eigenvalue weighted by molar-refractivity contribution is 0.659. The van der Waals surface area contributed by atoms with Crippen molar-refractivity contribution in [1.82, 2.24) is 19.5 Å². The molecular weight excluding hydrogens is 290 g/mol. The Kier molecular flexibility index (Phi) is 3.88. The van der Waals surface area contributed by atoms with Crippen molar-refractivity contribution in [1.29, 1.82) is 0 Å². The number of nitrogens with zero attached hydrogens (tertiary/aromatic N) is 4. The van der Waals surface area contributed by atoms with Gasteiger partial charge in [0.15, 0.2) is 5.16 Å². The van der Waals surface area contributed by atoms with Crippen LogP contribution in [0.4, 0.5) is 5.82 Å². The minimum absolute atomic E-state index is 0.556. The number of nitrogen functional groups attached to an aromatic ring is 1. The van der Waals surface area contributed by atoms with E-state index in [0.717, 1.165) is 34.1 Å². The number of imidazole rings is 1. The highest BCUT2D eigenvalue weighted by molar-refractivity contribution is 7.98. The molecule has 0 aliphatic rings. The quantitative estimate of drug-likeness (QED) is 0.579. The van der Waals surface area contributed by atoms with Crippen LogP contribution in [0.5, 0.6) is 0 Å². The number of aromatic nitrogens is 4. The Balaban J connectivity index is 1.77. The van der Waals surface area contributed by atoms with Crippen LogP contribution in [0.1, 0.15) is 19.0 Å². The van der Waals surface area contributed by atoms with Crippen molar-refractivity contribution in [3.8, 4) is 0 Å². The van der Waals surface area contributed by atoms with Crippen LogP contribution in [0.2, 0.25) is 0 Å². The summed E-state index contributed by atoms with van der Waals surface area (Å²) >= 11 is 3.18. The van der Waals surface area contributed by atoms with Crippen molar-refractivity contribution < 1.29 is 0 Å². The van der Waals surface area contributed by atoms with E-state index in [2.05, 4.69) is 26.4 Å². The molecule has 0 atom stereocenters. The molecule has 5 nitrogen and oxygen atoms in total. The van der Waals surface area contributed by atoms with Gasteiger partial charge in [-0.15, -0.1) is 11.3 Å². The molecule has 3 rings (SSSR count). The maximum atomic E-state index is 5.95. The van der Waals surface area contributed by atoms with Crippen molar-refractivity contribution >= 4 is 39.1 Å². The van der Waals surface area contributed by atoms with Crippen LogP contribution in [0.3, 0.4) is 0 Å². The Labute approximate surface area is 125 Å². The Bertz CT molecular complexity index is 718. The average Bonchev–Trinajstić information content (AvgIpc) is 3.06. The third-order valence-electron chi connectivity index (χ3n) is 2.95. The number of anilines is 1. The van der Waals surface area contributed by atoms with Gasteiger partial charge in [-0.2, -0.15) is 0 Å². The second kappa shape index (κ2) is 5.80. The lowest BCUT2D eigenvalue weighted by Gasteiger charge is -2.06. The first-order valence-electron chi connectivity index (χ1n) is 6.40. The molecule has 3 aromatic rings. The maximum Gasteiger partial charge on any atom is 0.191 e. The topological polar surface area (TPSA) is 69.6 Å². The van der Waals surface area contributed by atoms with Gasteiger partial charge in [-0.25, -0.2) is 15.0 Å². The fourth-order valence-electron chi connectivity index (χ4n) is 1.97. The molecule has 0 spiro atoms. The van der Waals surface area contributed by atoms with E-state index in [4.69, 9.17) is 5.73 Å². The number of thioether (sulfide) groups is 1. The van der Waals surface area contributed by atoms with E-state index in [1.54, 1.807) is 23.1 Å². The number of hydrogen-bond acceptors (Lipinski definition) is 6. The monoisotopic (exact) mass is 305 g/mol. The number of nitrogens with two attached hydrogens (primary N) is 1. The number of fused-ring (bicyclic) bond motifs is 1. The Hall–Kier alpha value is -1.60. The minimum Gasteiger partial charge on any atom is -0.383 e. The van der Waals surface area contributed by atoms with Crippen molar-refractivity contribution in [2.75, 3.05) is 5.73 Å². The van der Waals surface area contributed by atoms with Crippen LogP contribution in [0.25, 0.3) is 10.2 Å². The standard InChI is InChI=1S/C13H15N5S2/c1-2-4-18-8-15-6-9(18)7-20-13-16-11(14)10-3-5-19-12(10)17-13/h3,5-6,8H,2,4,7H2,1H3,(H2,14,16,17). The average molecular weight is 305 g/mol. The SMILES string of the molecule is CCCn1cncc1CSc1nc(N)c2ccsc2n1. The molecule has 7 heteroatoms. The van der Waals surface area contributed by atoms with Gasteiger partial charge in [0.05, 0.1) is 11.7 Å². The number of thiophene rings is 1. The second-order valence-corrected chi connectivity index (χ2v) is 6.23. The zero-order chi connectivity index (χ0) is 13.9. The van der Waals surface area contributed by atoms with E-state index in [1.807, 2.05) is 24.0 Å². The predicted molar refractivity (Wildman–Crippen MR) is 83.9 cm³/mol. The van der Waals surface area contributed by atoms with Gasteiger partial charge in [-0.3, -0.25) is 0 Å². The molecule has 0 unspecified atom stereocenters. The summed E-state index contributed by atoms with van der Waals surface area (Å²) < 4.78 is 2.17. The second-order valence-electron chi connectivity index (χ2n) is 4.40. The summed E-state index contributed by atoms with van der Waals surface area (Å²) in [6.07, 6.45) is 4.87. The largest absolute Gasteiger partial charge is 0.383 e. The van der Waals surface area contributed by atoms with Gasteiger partial charge in [0.1, 0.15) is 10.6 Å². The lowest BCUT2D eigenvalue weighted by Crippen LogP contribution is -2.00. The van der Waals surface area contributed by atoms with Gasteiger partial charge >= 0.3 is 0 Å². The van der Waals surface area contributed by atoms with Gasteiger partial charge in [-0.1, -0.05) is 18.7 Å². The van der Waals surface area contributed by atoms with Gasteiger partial charge in [0.2, 0.25) is 0 Å². The summed E-state index contributed by atoms with van der Waals surface area (Å²) in [5.41, 5.74) is 7.14. The molecule has 0 bridgehead atoms. The van der Waals surface area contributed by atoms with E-state index in [0.29, 0.717) is 5.82 Å². The maximum absolute atomic E-state index is 5.95.